The third kappa shape index (κ3) is 4.42. The molecule has 1 fully saturated rings. The molecule has 1 saturated heterocycles. The highest BCUT2D eigenvalue weighted by atomic mass is 35.5. The van der Waals surface area contributed by atoms with Crippen LogP contribution in [0, 0.1) is 0 Å². The highest BCUT2D eigenvalue weighted by Crippen LogP contribution is 2.24. The Balaban J connectivity index is 2.00. The molecule has 2 amide bonds. The van der Waals surface area contributed by atoms with Crippen molar-refractivity contribution < 1.29 is 19.1 Å². The van der Waals surface area contributed by atoms with Gasteiger partial charge >= 0.3 is 5.97 Å². The zero-order valence-corrected chi connectivity index (χ0v) is 14.9. The van der Waals surface area contributed by atoms with Gasteiger partial charge in [-0.05, 0) is 43.7 Å². The molecule has 1 aromatic rings. The lowest BCUT2D eigenvalue weighted by atomic mass is 10.0. The van der Waals surface area contributed by atoms with Crippen LogP contribution in [0.25, 0.3) is 0 Å². The summed E-state index contributed by atoms with van der Waals surface area (Å²) < 4.78 is 5.08. The van der Waals surface area contributed by atoms with E-state index in [4.69, 9.17) is 22.1 Å². The molecule has 2 rings (SSSR count). The topological polar surface area (TPSA) is 89.7 Å². The van der Waals surface area contributed by atoms with E-state index in [0.29, 0.717) is 13.0 Å². The maximum Gasteiger partial charge on any atom is 0.340 e. The standard InChI is InChI=1S/C16H19ClN2O4S/c1-24-10-5-6-12(17)11(8-10)16(22)23-9-14(20)19-7-3-2-4-13(19)15(18)21/h5-6,8,13H,2-4,7,9H2,1H3,(H2,18,21)/t13-/m0/s1. The molecule has 1 aromatic carbocycles. The number of halogens is 1. The predicted octanol–water partition coefficient (Wildman–Crippen LogP) is 2.09. The molecule has 1 heterocycles. The molecule has 0 unspecified atom stereocenters. The molecule has 6 nitrogen and oxygen atoms in total. The Labute approximate surface area is 149 Å². The molecule has 1 aliphatic heterocycles. The van der Waals surface area contributed by atoms with Gasteiger partial charge in [0.05, 0.1) is 10.6 Å². The number of benzene rings is 1. The van der Waals surface area contributed by atoms with E-state index in [0.717, 1.165) is 17.7 Å². The molecule has 0 spiro atoms. The van der Waals surface area contributed by atoms with E-state index in [1.807, 2.05) is 6.26 Å². The second-order valence-electron chi connectivity index (χ2n) is 5.42. The van der Waals surface area contributed by atoms with Crippen molar-refractivity contribution in [1.82, 2.24) is 4.90 Å². The zero-order valence-electron chi connectivity index (χ0n) is 13.3. The summed E-state index contributed by atoms with van der Waals surface area (Å²) in [4.78, 5) is 38.1. The highest BCUT2D eigenvalue weighted by molar-refractivity contribution is 7.98. The maximum atomic E-state index is 12.3. The predicted molar refractivity (Wildman–Crippen MR) is 92.1 cm³/mol. The normalized spacial score (nSPS) is 17.4. The minimum Gasteiger partial charge on any atom is -0.452 e. The van der Waals surface area contributed by atoms with E-state index >= 15 is 0 Å². The molecule has 0 aliphatic carbocycles. The third-order valence-electron chi connectivity index (χ3n) is 3.87. The number of likely N-dealkylation sites (tertiary alicyclic amines) is 1. The number of piperidine rings is 1. The minimum absolute atomic E-state index is 0.210. The Morgan fingerprint density at radius 3 is 2.79 bits per heavy atom. The van der Waals surface area contributed by atoms with Crippen molar-refractivity contribution in [1.29, 1.82) is 0 Å². The Kier molecular flexibility index (Phi) is 6.51. The number of esters is 1. The third-order valence-corrected chi connectivity index (χ3v) is 4.93. The van der Waals surface area contributed by atoms with Gasteiger partial charge < -0.3 is 15.4 Å². The number of thioether (sulfide) groups is 1. The number of carbonyl (C=O) groups excluding carboxylic acids is 3. The average molecular weight is 371 g/mol. The molecule has 0 radical (unpaired) electrons. The fourth-order valence-corrected chi connectivity index (χ4v) is 3.24. The van der Waals surface area contributed by atoms with Crippen LogP contribution in [0.5, 0.6) is 0 Å². The number of amides is 2. The van der Waals surface area contributed by atoms with Gasteiger partial charge in [0.15, 0.2) is 6.61 Å². The number of hydrogen-bond acceptors (Lipinski definition) is 5. The monoisotopic (exact) mass is 370 g/mol. The quantitative estimate of drug-likeness (QED) is 0.633. The van der Waals surface area contributed by atoms with E-state index in [9.17, 15) is 14.4 Å². The van der Waals surface area contributed by atoms with Gasteiger partial charge in [-0.15, -0.1) is 11.8 Å². The van der Waals surface area contributed by atoms with Gasteiger partial charge in [0.25, 0.3) is 5.91 Å². The van der Waals surface area contributed by atoms with Crippen LogP contribution in [0.15, 0.2) is 23.1 Å². The number of hydrogen-bond donors (Lipinski definition) is 1. The maximum absolute atomic E-state index is 12.3. The van der Waals surface area contributed by atoms with Crippen molar-refractivity contribution in [2.45, 2.75) is 30.2 Å². The first kappa shape index (κ1) is 18.6. The summed E-state index contributed by atoms with van der Waals surface area (Å²) in [7, 11) is 0. The van der Waals surface area contributed by atoms with Crippen LogP contribution in [-0.4, -0.2) is 48.1 Å². The molecule has 0 aromatic heterocycles. The number of primary amides is 1. The Morgan fingerprint density at radius 1 is 1.38 bits per heavy atom. The van der Waals surface area contributed by atoms with Gasteiger partial charge in [0, 0.05) is 11.4 Å². The summed E-state index contributed by atoms with van der Waals surface area (Å²) in [6.45, 7) is -0.00482. The van der Waals surface area contributed by atoms with Crippen LogP contribution < -0.4 is 5.73 Å². The smallest absolute Gasteiger partial charge is 0.340 e. The SMILES string of the molecule is CSc1ccc(Cl)c(C(=O)OCC(=O)N2CCCC[C@H]2C(N)=O)c1. The van der Waals surface area contributed by atoms with Crippen LogP contribution >= 0.6 is 23.4 Å². The van der Waals surface area contributed by atoms with Crippen LogP contribution in [0.4, 0.5) is 0 Å². The van der Waals surface area contributed by atoms with E-state index in [-0.39, 0.29) is 10.6 Å². The van der Waals surface area contributed by atoms with Gasteiger partial charge in [-0.2, -0.15) is 0 Å². The van der Waals surface area contributed by atoms with Crippen molar-refractivity contribution in [2.24, 2.45) is 5.73 Å². The van der Waals surface area contributed by atoms with Crippen molar-refractivity contribution >= 4 is 41.1 Å². The summed E-state index contributed by atoms with van der Waals surface area (Å²) >= 11 is 7.48. The molecule has 1 atom stereocenters. The highest BCUT2D eigenvalue weighted by Gasteiger charge is 2.31. The number of nitrogens with two attached hydrogens (primary N) is 1. The zero-order chi connectivity index (χ0) is 17.7. The Hall–Kier alpha value is -1.73. The fourth-order valence-electron chi connectivity index (χ4n) is 2.60. The molecule has 0 saturated carbocycles. The molecule has 1 aliphatic rings. The second kappa shape index (κ2) is 8.39. The van der Waals surface area contributed by atoms with Gasteiger partial charge in [-0.25, -0.2) is 4.79 Å². The average Bonchev–Trinajstić information content (AvgIpc) is 2.59. The molecule has 2 N–H and O–H groups in total. The summed E-state index contributed by atoms with van der Waals surface area (Å²) in [5.41, 5.74) is 5.54. The number of rotatable bonds is 5. The molecule has 130 valence electrons. The molecule has 24 heavy (non-hydrogen) atoms. The van der Waals surface area contributed by atoms with E-state index in [1.54, 1.807) is 18.2 Å². The molecule has 8 heteroatoms. The summed E-state index contributed by atoms with van der Waals surface area (Å²) in [5.74, 6) is -1.63. The number of ether oxygens (including phenoxy) is 1. The van der Waals surface area contributed by atoms with Crippen LogP contribution in [-0.2, 0) is 14.3 Å². The van der Waals surface area contributed by atoms with Crippen LogP contribution in [0.2, 0.25) is 5.02 Å². The van der Waals surface area contributed by atoms with Gasteiger partial charge in [0.2, 0.25) is 5.91 Å². The molecular formula is C16H19ClN2O4S. The van der Waals surface area contributed by atoms with Crippen molar-refractivity contribution in [3.8, 4) is 0 Å². The lowest BCUT2D eigenvalue weighted by Gasteiger charge is -2.33. The fraction of sp³-hybridized carbons (Fsp3) is 0.438. The van der Waals surface area contributed by atoms with E-state index in [1.165, 1.54) is 16.7 Å². The van der Waals surface area contributed by atoms with Crippen molar-refractivity contribution in [2.75, 3.05) is 19.4 Å². The van der Waals surface area contributed by atoms with Gasteiger partial charge in [-0.3, -0.25) is 9.59 Å². The first-order chi connectivity index (χ1) is 11.4. The van der Waals surface area contributed by atoms with Crippen molar-refractivity contribution in [3.63, 3.8) is 0 Å². The Morgan fingerprint density at radius 2 is 2.12 bits per heavy atom. The van der Waals surface area contributed by atoms with E-state index < -0.39 is 30.4 Å². The molecule has 0 bridgehead atoms. The van der Waals surface area contributed by atoms with Gasteiger partial charge in [0.1, 0.15) is 6.04 Å². The van der Waals surface area contributed by atoms with Crippen molar-refractivity contribution in [3.05, 3.63) is 28.8 Å². The summed E-state index contributed by atoms with van der Waals surface area (Å²) in [6, 6.07) is 4.39. The number of nitrogens with zero attached hydrogens (tertiary/aromatic N) is 1. The second-order valence-corrected chi connectivity index (χ2v) is 6.71. The summed E-state index contributed by atoms with van der Waals surface area (Å²) in [5, 5.41) is 0.262. The Bertz CT molecular complexity index is 653. The lowest BCUT2D eigenvalue weighted by molar-refractivity contribution is -0.143. The minimum atomic E-state index is -0.670. The van der Waals surface area contributed by atoms with Crippen LogP contribution in [0.3, 0.4) is 0 Å². The van der Waals surface area contributed by atoms with Gasteiger partial charge in [-0.1, -0.05) is 11.6 Å². The van der Waals surface area contributed by atoms with Crippen LogP contribution in [0.1, 0.15) is 29.6 Å². The lowest BCUT2D eigenvalue weighted by Crippen LogP contribution is -2.51. The number of carbonyl (C=O) groups is 3. The largest absolute Gasteiger partial charge is 0.452 e. The molecular weight excluding hydrogens is 352 g/mol. The van der Waals surface area contributed by atoms with E-state index in [2.05, 4.69) is 0 Å². The first-order valence-electron chi connectivity index (χ1n) is 7.53. The first-order valence-corrected chi connectivity index (χ1v) is 9.13. The summed E-state index contributed by atoms with van der Waals surface area (Å²) in [6.07, 6.45) is 4.05.